The summed E-state index contributed by atoms with van der Waals surface area (Å²) < 4.78 is 1.21. The van der Waals surface area contributed by atoms with Crippen molar-refractivity contribution in [3.05, 3.63) is 22.7 Å². The van der Waals surface area contributed by atoms with Crippen molar-refractivity contribution in [1.82, 2.24) is 9.55 Å². The molecule has 1 rings (SSSR count). The molecule has 0 saturated heterocycles. The van der Waals surface area contributed by atoms with E-state index >= 15 is 0 Å². The van der Waals surface area contributed by atoms with Gasteiger partial charge in [0.1, 0.15) is 11.6 Å². The second kappa shape index (κ2) is 3.17. The van der Waals surface area contributed by atoms with E-state index in [1.165, 1.54) is 23.8 Å². The number of carbonyl (C=O) groups is 1. The molecule has 0 radical (unpaired) electrons. The van der Waals surface area contributed by atoms with Crippen LogP contribution in [0.1, 0.15) is 6.92 Å². The molecule has 0 unspecified atom stereocenters. The molecule has 5 nitrogen and oxygen atoms in total. The third kappa shape index (κ3) is 1.91. The Labute approximate surface area is 68.8 Å². The van der Waals surface area contributed by atoms with Crippen LogP contribution in [-0.4, -0.2) is 15.3 Å². The van der Waals surface area contributed by atoms with Gasteiger partial charge in [-0.05, 0) is 13.0 Å². The van der Waals surface area contributed by atoms with Crippen LogP contribution in [0.15, 0.2) is 17.1 Å². The van der Waals surface area contributed by atoms with Gasteiger partial charge in [-0.15, -0.1) is 0 Å². The van der Waals surface area contributed by atoms with Crippen LogP contribution in [0.3, 0.4) is 0 Å². The van der Waals surface area contributed by atoms with Crippen LogP contribution in [0.5, 0.6) is 0 Å². The number of nitrogens with two attached hydrogens (primary N) is 1. The van der Waals surface area contributed by atoms with E-state index in [9.17, 15) is 9.59 Å². The average Bonchev–Trinajstić information content (AvgIpc) is 1.94. The first-order chi connectivity index (χ1) is 5.59. The number of anilines is 1. The number of ketones is 1. The summed E-state index contributed by atoms with van der Waals surface area (Å²) in [6.45, 7) is 1.45. The summed E-state index contributed by atoms with van der Waals surface area (Å²) in [4.78, 5) is 25.1. The fourth-order valence-electron chi connectivity index (χ4n) is 0.802. The molecule has 0 fully saturated rings. The number of rotatable bonds is 2. The number of hydrogen-bond donors (Lipinski definition) is 1. The van der Waals surface area contributed by atoms with Gasteiger partial charge in [0.25, 0.3) is 0 Å². The maximum atomic E-state index is 11.0. The largest absolute Gasteiger partial charge is 0.383 e. The zero-order valence-corrected chi connectivity index (χ0v) is 6.65. The minimum Gasteiger partial charge on any atom is -0.383 e. The van der Waals surface area contributed by atoms with E-state index in [0.717, 1.165) is 0 Å². The van der Waals surface area contributed by atoms with Crippen molar-refractivity contribution in [3.8, 4) is 0 Å². The molecule has 0 amide bonds. The molecule has 12 heavy (non-hydrogen) atoms. The summed E-state index contributed by atoms with van der Waals surface area (Å²) in [5, 5.41) is 0. The van der Waals surface area contributed by atoms with E-state index < -0.39 is 5.69 Å². The summed E-state index contributed by atoms with van der Waals surface area (Å²) >= 11 is 0. The van der Waals surface area contributed by atoms with E-state index in [2.05, 4.69) is 4.98 Å². The molecule has 0 saturated carbocycles. The van der Waals surface area contributed by atoms with Gasteiger partial charge in [-0.3, -0.25) is 9.36 Å². The van der Waals surface area contributed by atoms with Crippen molar-refractivity contribution in [1.29, 1.82) is 0 Å². The highest BCUT2D eigenvalue weighted by Crippen LogP contribution is 1.89. The van der Waals surface area contributed by atoms with Crippen LogP contribution in [0.25, 0.3) is 0 Å². The Balaban J connectivity index is 3.02. The van der Waals surface area contributed by atoms with Crippen molar-refractivity contribution < 1.29 is 4.79 Å². The van der Waals surface area contributed by atoms with Crippen LogP contribution >= 0.6 is 0 Å². The molecule has 0 spiro atoms. The molecule has 5 heteroatoms. The summed E-state index contributed by atoms with van der Waals surface area (Å²) in [5.74, 6) is 0.0727. The molecule has 0 aliphatic heterocycles. The molecule has 0 atom stereocenters. The van der Waals surface area contributed by atoms with Gasteiger partial charge in [-0.2, -0.15) is 4.98 Å². The van der Waals surface area contributed by atoms with Crippen molar-refractivity contribution >= 4 is 11.6 Å². The lowest BCUT2D eigenvalue weighted by atomic mass is 10.4. The Hall–Kier alpha value is -1.65. The second-order valence-electron chi connectivity index (χ2n) is 2.46. The summed E-state index contributed by atoms with van der Waals surface area (Å²) in [6, 6.07) is 1.48. The lowest BCUT2D eigenvalue weighted by Crippen LogP contribution is -2.25. The fraction of sp³-hybridized carbons (Fsp3) is 0.286. The third-order valence-electron chi connectivity index (χ3n) is 1.29. The summed E-state index contributed by atoms with van der Waals surface area (Å²) in [5.41, 5.74) is 4.75. The first-order valence-corrected chi connectivity index (χ1v) is 3.42. The van der Waals surface area contributed by atoms with E-state index in [-0.39, 0.29) is 18.1 Å². The molecular formula is C7H9N3O2. The Morgan fingerprint density at radius 3 is 2.92 bits per heavy atom. The van der Waals surface area contributed by atoms with Gasteiger partial charge in [0.15, 0.2) is 0 Å². The Morgan fingerprint density at radius 1 is 1.75 bits per heavy atom. The van der Waals surface area contributed by atoms with Gasteiger partial charge in [-0.1, -0.05) is 0 Å². The van der Waals surface area contributed by atoms with Crippen LogP contribution < -0.4 is 11.4 Å². The lowest BCUT2D eigenvalue weighted by molar-refractivity contribution is -0.117. The number of Topliss-reactive ketones (excluding diaryl/α,β-unsaturated/α-hetero) is 1. The SMILES string of the molecule is CC(=O)Cn1ccc(N)nc1=O. The van der Waals surface area contributed by atoms with Gasteiger partial charge < -0.3 is 5.73 Å². The monoisotopic (exact) mass is 167 g/mol. The third-order valence-corrected chi connectivity index (χ3v) is 1.29. The average molecular weight is 167 g/mol. The molecule has 0 bridgehead atoms. The van der Waals surface area contributed by atoms with Gasteiger partial charge in [0.2, 0.25) is 0 Å². The van der Waals surface area contributed by atoms with Crippen molar-refractivity contribution in [2.24, 2.45) is 0 Å². The minimum absolute atomic E-state index is 0.0477. The molecule has 1 aromatic heterocycles. The van der Waals surface area contributed by atoms with Gasteiger partial charge in [0, 0.05) is 6.20 Å². The highest BCUT2D eigenvalue weighted by atomic mass is 16.1. The molecular weight excluding hydrogens is 158 g/mol. The van der Waals surface area contributed by atoms with Crippen molar-refractivity contribution in [3.63, 3.8) is 0 Å². The first-order valence-electron chi connectivity index (χ1n) is 3.42. The first kappa shape index (κ1) is 8.45. The predicted molar refractivity (Wildman–Crippen MR) is 43.6 cm³/mol. The molecule has 0 aliphatic carbocycles. The zero-order chi connectivity index (χ0) is 9.14. The highest BCUT2D eigenvalue weighted by Gasteiger charge is 1.99. The van der Waals surface area contributed by atoms with Gasteiger partial charge in [-0.25, -0.2) is 4.79 Å². The Kier molecular flexibility index (Phi) is 2.23. The maximum Gasteiger partial charge on any atom is 0.349 e. The van der Waals surface area contributed by atoms with Gasteiger partial charge >= 0.3 is 5.69 Å². The predicted octanol–water partition coefficient (Wildman–Crippen LogP) is -0.586. The molecule has 0 aliphatic rings. The number of nitrogens with zero attached hydrogens (tertiary/aromatic N) is 2. The summed E-state index contributed by atoms with van der Waals surface area (Å²) in [6.07, 6.45) is 1.45. The summed E-state index contributed by atoms with van der Waals surface area (Å²) in [7, 11) is 0. The molecule has 0 aromatic carbocycles. The van der Waals surface area contributed by atoms with Crippen molar-refractivity contribution in [2.45, 2.75) is 13.5 Å². The van der Waals surface area contributed by atoms with Crippen LogP contribution in [-0.2, 0) is 11.3 Å². The second-order valence-corrected chi connectivity index (χ2v) is 2.46. The van der Waals surface area contributed by atoms with E-state index in [1.807, 2.05) is 0 Å². The lowest BCUT2D eigenvalue weighted by Gasteiger charge is -2.00. The zero-order valence-electron chi connectivity index (χ0n) is 6.65. The molecule has 1 heterocycles. The fourth-order valence-corrected chi connectivity index (χ4v) is 0.802. The number of hydrogen-bond acceptors (Lipinski definition) is 4. The van der Waals surface area contributed by atoms with E-state index in [1.54, 1.807) is 0 Å². The molecule has 2 N–H and O–H groups in total. The molecule has 64 valence electrons. The molecule has 1 aromatic rings. The Morgan fingerprint density at radius 2 is 2.42 bits per heavy atom. The number of aromatic nitrogens is 2. The van der Waals surface area contributed by atoms with E-state index in [0.29, 0.717) is 0 Å². The number of nitrogen functional groups attached to an aromatic ring is 1. The van der Waals surface area contributed by atoms with Crippen LogP contribution in [0.2, 0.25) is 0 Å². The normalized spacial score (nSPS) is 9.75. The van der Waals surface area contributed by atoms with Crippen LogP contribution in [0.4, 0.5) is 5.82 Å². The number of carbonyl (C=O) groups excluding carboxylic acids is 1. The quantitative estimate of drug-likeness (QED) is 0.638. The van der Waals surface area contributed by atoms with Gasteiger partial charge in [0.05, 0.1) is 6.54 Å². The topological polar surface area (TPSA) is 78.0 Å². The Bertz CT molecular complexity index is 356. The smallest absolute Gasteiger partial charge is 0.349 e. The maximum absolute atomic E-state index is 11.0. The highest BCUT2D eigenvalue weighted by molar-refractivity contribution is 5.75. The van der Waals surface area contributed by atoms with Crippen LogP contribution in [0, 0.1) is 0 Å². The standard InChI is InChI=1S/C7H9N3O2/c1-5(11)4-10-3-2-6(8)9-7(10)12/h2-3H,4H2,1H3,(H2,8,9,12). The minimum atomic E-state index is -0.495. The van der Waals surface area contributed by atoms with E-state index in [4.69, 9.17) is 5.73 Å². The van der Waals surface area contributed by atoms with Crippen molar-refractivity contribution in [2.75, 3.05) is 5.73 Å².